The van der Waals surface area contributed by atoms with Crippen LogP contribution in [0.5, 0.6) is 0 Å². The maximum atomic E-state index is 12.0. The van der Waals surface area contributed by atoms with Crippen molar-refractivity contribution in [1.82, 2.24) is 15.1 Å². The molecule has 0 radical (unpaired) electrons. The fraction of sp³-hybridized carbons (Fsp3) is 0.364. The van der Waals surface area contributed by atoms with E-state index in [-0.39, 0.29) is 5.91 Å². The first-order valence-electron chi connectivity index (χ1n) is 5.50. The number of nitrogens with zero attached hydrogens (tertiary/aromatic N) is 3. The van der Waals surface area contributed by atoms with E-state index in [0.29, 0.717) is 16.7 Å². The van der Waals surface area contributed by atoms with Gasteiger partial charge in [0.2, 0.25) is 10.1 Å². The SMILES string of the molecule is CNc1nnc(C(=O)N(C)CCc2cccs2)s1. The highest BCUT2D eigenvalue weighted by molar-refractivity contribution is 7.17. The van der Waals surface area contributed by atoms with Gasteiger partial charge in [-0.05, 0) is 17.9 Å². The van der Waals surface area contributed by atoms with Crippen molar-refractivity contribution in [2.24, 2.45) is 0 Å². The molecule has 2 heterocycles. The van der Waals surface area contributed by atoms with E-state index < -0.39 is 0 Å². The summed E-state index contributed by atoms with van der Waals surface area (Å²) >= 11 is 2.98. The highest BCUT2D eigenvalue weighted by atomic mass is 32.1. The van der Waals surface area contributed by atoms with Crippen molar-refractivity contribution >= 4 is 33.7 Å². The third kappa shape index (κ3) is 3.05. The number of amides is 1. The van der Waals surface area contributed by atoms with Crippen LogP contribution in [0.15, 0.2) is 17.5 Å². The predicted octanol–water partition coefficient (Wildman–Crippen LogP) is 1.96. The fourth-order valence-corrected chi connectivity index (χ4v) is 2.80. The third-order valence-corrected chi connectivity index (χ3v) is 4.31. The number of anilines is 1. The number of carbonyl (C=O) groups is 1. The number of hydrogen-bond acceptors (Lipinski definition) is 6. The zero-order chi connectivity index (χ0) is 13.0. The van der Waals surface area contributed by atoms with Crippen molar-refractivity contribution in [3.05, 3.63) is 27.4 Å². The minimum absolute atomic E-state index is 0.0782. The van der Waals surface area contributed by atoms with Crippen LogP contribution < -0.4 is 5.32 Å². The summed E-state index contributed by atoms with van der Waals surface area (Å²) in [6.07, 6.45) is 0.873. The van der Waals surface area contributed by atoms with Crippen LogP contribution in [0, 0.1) is 0 Å². The number of thiophene rings is 1. The van der Waals surface area contributed by atoms with Gasteiger partial charge < -0.3 is 10.2 Å². The molecule has 0 unspecified atom stereocenters. The first-order chi connectivity index (χ1) is 8.70. The topological polar surface area (TPSA) is 58.1 Å². The van der Waals surface area contributed by atoms with Crippen LogP contribution in [0.4, 0.5) is 5.13 Å². The Kier molecular flexibility index (Phi) is 4.27. The van der Waals surface area contributed by atoms with E-state index in [4.69, 9.17) is 0 Å². The van der Waals surface area contributed by atoms with Crippen LogP contribution in [0.3, 0.4) is 0 Å². The van der Waals surface area contributed by atoms with Gasteiger partial charge in [-0.3, -0.25) is 4.79 Å². The van der Waals surface area contributed by atoms with E-state index in [0.717, 1.165) is 6.42 Å². The molecule has 0 saturated heterocycles. The number of hydrogen-bond donors (Lipinski definition) is 1. The number of aromatic nitrogens is 2. The van der Waals surface area contributed by atoms with E-state index in [1.54, 1.807) is 30.3 Å². The molecule has 2 aromatic heterocycles. The lowest BCUT2D eigenvalue weighted by atomic mass is 10.3. The summed E-state index contributed by atoms with van der Waals surface area (Å²) in [7, 11) is 3.55. The van der Waals surface area contributed by atoms with Gasteiger partial charge in [-0.1, -0.05) is 17.4 Å². The molecule has 0 fully saturated rings. The van der Waals surface area contributed by atoms with Crippen LogP contribution in [-0.2, 0) is 6.42 Å². The minimum atomic E-state index is -0.0782. The first-order valence-corrected chi connectivity index (χ1v) is 7.19. The van der Waals surface area contributed by atoms with Gasteiger partial charge in [0.1, 0.15) is 0 Å². The lowest BCUT2D eigenvalue weighted by Crippen LogP contribution is -2.28. The Hall–Kier alpha value is -1.47. The second-order valence-corrected chi connectivity index (χ2v) is 5.73. The van der Waals surface area contributed by atoms with Crippen molar-refractivity contribution in [1.29, 1.82) is 0 Å². The maximum Gasteiger partial charge on any atom is 0.284 e. The number of rotatable bonds is 5. The van der Waals surface area contributed by atoms with Crippen LogP contribution >= 0.6 is 22.7 Å². The van der Waals surface area contributed by atoms with Crippen molar-refractivity contribution < 1.29 is 4.79 Å². The molecule has 18 heavy (non-hydrogen) atoms. The standard InChI is InChI=1S/C11H14N4OS2/c1-12-11-14-13-9(18-11)10(16)15(2)6-5-8-4-3-7-17-8/h3-4,7H,5-6H2,1-2H3,(H,12,14). The lowest BCUT2D eigenvalue weighted by molar-refractivity contribution is 0.0795. The molecule has 5 nitrogen and oxygen atoms in total. The summed E-state index contributed by atoms with van der Waals surface area (Å²) in [6, 6.07) is 4.10. The Bertz CT molecular complexity index is 509. The molecule has 0 saturated carbocycles. The molecule has 1 amide bonds. The first kappa shape index (κ1) is 13.0. The van der Waals surface area contributed by atoms with Crippen molar-refractivity contribution in [2.75, 3.05) is 26.0 Å². The molecule has 7 heteroatoms. The molecular weight excluding hydrogens is 268 g/mol. The van der Waals surface area contributed by atoms with E-state index >= 15 is 0 Å². The second kappa shape index (κ2) is 5.92. The van der Waals surface area contributed by atoms with E-state index in [9.17, 15) is 4.79 Å². The summed E-state index contributed by atoms with van der Waals surface area (Å²) in [5, 5.41) is 13.7. The number of carbonyl (C=O) groups excluding carboxylic acids is 1. The van der Waals surface area contributed by atoms with Crippen molar-refractivity contribution in [3.63, 3.8) is 0 Å². The second-order valence-electron chi connectivity index (χ2n) is 3.72. The Morgan fingerprint density at radius 1 is 1.50 bits per heavy atom. The number of likely N-dealkylation sites (N-methyl/N-ethyl adjacent to an activating group) is 1. The highest BCUT2D eigenvalue weighted by Crippen LogP contribution is 2.16. The lowest BCUT2D eigenvalue weighted by Gasteiger charge is -2.14. The Morgan fingerprint density at radius 3 is 2.94 bits per heavy atom. The van der Waals surface area contributed by atoms with Gasteiger partial charge in [0.05, 0.1) is 0 Å². The molecule has 0 aromatic carbocycles. The monoisotopic (exact) mass is 282 g/mol. The molecule has 2 rings (SSSR count). The Labute approximate surface area is 113 Å². The number of nitrogens with one attached hydrogen (secondary N) is 1. The van der Waals surface area contributed by atoms with E-state index in [2.05, 4.69) is 21.6 Å². The van der Waals surface area contributed by atoms with Gasteiger partial charge >= 0.3 is 0 Å². The molecular formula is C11H14N4OS2. The van der Waals surface area contributed by atoms with Gasteiger partial charge in [-0.15, -0.1) is 21.5 Å². The molecule has 2 aromatic rings. The summed E-state index contributed by atoms with van der Waals surface area (Å²) in [5.74, 6) is -0.0782. The minimum Gasteiger partial charge on any atom is -0.363 e. The third-order valence-electron chi connectivity index (χ3n) is 2.44. The van der Waals surface area contributed by atoms with Gasteiger partial charge in [-0.25, -0.2) is 0 Å². The summed E-state index contributed by atoms with van der Waals surface area (Å²) in [4.78, 5) is 15.0. The molecule has 0 aliphatic carbocycles. The fourth-order valence-electron chi connectivity index (χ4n) is 1.41. The normalized spacial score (nSPS) is 10.3. The molecule has 0 aliphatic rings. The molecule has 1 N–H and O–H groups in total. The van der Waals surface area contributed by atoms with Crippen LogP contribution in [-0.4, -0.2) is 41.6 Å². The van der Waals surface area contributed by atoms with Crippen LogP contribution in [0.25, 0.3) is 0 Å². The van der Waals surface area contributed by atoms with Crippen molar-refractivity contribution in [2.45, 2.75) is 6.42 Å². The maximum absolute atomic E-state index is 12.0. The Balaban J connectivity index is 1.92. The van der Waals surface area contributed by atoms with E-state index in [1.807, 2.05) is 11.4 Å². The van der Waals surface area contributed by atoms with Crippen LogP contribution in [0.1, 0.15) is 14.7 Å². The molecule has 0 aliphatic heterocycles. The average molecular weight is 282 g/mol. The quantitative estimate of drug-likeness (QED) is 0.910. The zero-order valence-corrected chi connectivity index (χ0v) is 11.8. The van der Waals surface area contributed by atoms with Crippen LogP contribution in [0.2, 0.25) is 0 Å². The molecule has 0 spiro atoms. The molecule has 0 atom stereocenters. The van der Waals surface area contributed by atoms with Gasteiger partial charge in [-0.2, -0.15) is 0 Å². The summed E-state index contributed by atoms with van der Waals surface area (Å²) in [5.41, 5.74) is 0. The molecule has 0 bridgehead atoms. The van der Waals surface area contributed by atoms with E-state index in [1.165, 1.54) is 16.2 Å². The summed E-state index contributed by atoms with van der Waals surface area (Å²) < 4.78 is 0. The van der Waals surface area contributed by atoms with Gasteiger partial charge in [0.15, 0.2) is 0 Å². The Morgan fingerprint density at radius 2 is 2.33 bits per heavy atom. The highest BCUT2D eigenvalue weighted by Gasteiger charge is 2.16. The van der Waals surface area contributed by atoms with Gasteiger partial charge in [0, 0.05) is 25.5 Å². The van der Waals surface area contributed by atoms with Gasteiger partial charge in [0.25, 0.3) is 5.91 Å². The zero-order valence-electron chi connectivity index (χ0n) is 10.2. The average Bonchev–Trinajstić information content (AvgIpc) is 3.05. The van der Waals surface area contributed by atoms with Crippen molar-refractivity contribution in [3.8, 4) is 0 Å². The largest absolute Gasteiger partial charge is 0.363 e. The molecule has 96 valence electrons. The predicted molar refractivity (Wildman–Crippen MR) is 74.4 cm³/mol. The smallest absolute Gasteiger partial charge is 0.284 e. The summed E-state index contributed by atoms with van der Waals surface area (Å²) in [6.45, 7) is 0.688.